The van der Waals surface area contributed by atoms with Crippen molar-refractivity contribution in [2.75, 3.05) is 17.6 Å². The molecule has 1 saturated heterocycles. The lowest BCUT2D eigenvalue weighted by atomic mass is 10.1. The van der Waals surface area contributed by atoms with E-state index < -0.39 is 0 Å². The van der Waals surface area contributed by atoms with Gasteiger partial charge in [-0.1, -0.05) is 30.9 Å². The number of allylic oxidation sites excluding steroid dienone is 2. The van der Waals surface area contributed by atoms with Gasteiger partial charge in [-0.2, -0.15) is 0 Å². The van der Waals surface area contributed by atoms with Crippen LogP contribution in [0.25, 0.3) is 16.8 Å². The lowest BCUT2D eigenvalue weighted by Gasteiger charge is -2.24. The summed E-state index contributed by atoms with van der Waals surface area (Å²) in [6.45, 7) is 4.15. The number of imidazole rings is 1. The lowest BCUT2D eigenvalue weighted by molar-refractivity contribution is -0.128. The number of aliphatic imine (C=N–C) groups is 1. The normalized spacial score (nSPS) is 15.8. The Morgan fingerprint density at radius 2 is 1.95 bits per heavy atom. The number of fused-ring (bicyclic) bond motifs is 1. The van der Waals surface area contributed by atoms with E-state index in [0.29, 0.717) is 41.4 Å². The fraction of sp³-hybridized carbons (Fsp3) is 0.143. The van der Waals surface area contributed by atoms with Gasteiger partial charge in [0.15, 0.2) is 5.29 Å². The molecule has 11 nitrogen and oxygen atoms in total. The highest BCUT2D eigenvalue weighted by Crippen LogP contribution is 2.37. The highest BCUT2D eigenvalue weighted by atomic mass is 35.5. The van der Waals surface area contributed by atoms with E-state index in [2.05, 4.69) is 26.9 Å². The second-order valence-electron chi connectivity index (χ2n) is 8.97. The number of halogens is 1. The van der Waals surface area contributed by atoms with Crippen LogP contribution < -0.4 is 16.8 Å². The van der Waals surface area contributed by atoms with Gasteiger partial charge in [-0.25, -0.2) is 19.9 Å². The van der Waals surface area contributed by atoms with Crippen molar-refractivity contribution in [2.45, 2.75) is 18.9 Å². The van der Waals surface area contributed by atoms with E-state index in [9.17, 15) is 9.59 Å². The van der Waals surface area contributed by atoms with E-state index in [1.807, 2.05) is 4.40 Å². The zero-order valence-corrected chi connectivity index (χ0v) is 22.1. The average molecular weight is 556 g/mol. The summed E-state index contributed by atoms with van der Waals surface area (Å²) in [7, 11) is 0. The molecule has 0 saturated carbocycles. The summed E-state index contributed by atoms with van der Waals surface area (Å²) in [5.41, 5.74) is 14.3. The average Bonchev–Trinajstić information content (AvgIpc) is 3.59. The number of aromatic nitrogens is 4. The summed E-state index contributed by atoms with van der Waals surface area (Å²) >= 11 is 5.77. The highest BCUT2D eigenvalue weighted by molar-refractivity contribution is 6.64. The molecule has 3 aromatic heterocycles. The zero-order valence-electron chi connectivity index (χ0n) is 21.4. The molecule has 1 atom stereocenters. The third kappa shape index (κ3) is 5.27. The van der Waals surface area contributed by atoms with E-state index in [0.717, 1.165) is 12.0 Å². The first-order chi connectivity index (χ1) is 19.4. The Labute approximate surface area is 234 Å². The largest absolute Gasteiger partial charge is 0.382 e. The quantitative estimate of drug-likeness (QED) is 0.102. The SMILES string of the molecule is C=C/C=C(\N=C(/N)Cl)C(=O)N1CCCC1c1nc(-c2ccc(C(=O)Nc3ccccn3)cc2)c2c(N)nccn12. The Bertz CT molecular complexity index is 1640. The van der Waals surface area contributed by atoms with Crippen LogP contribution in [0, 0.1) is 0 Å². The zero-order chi connectivity index (χ0) is 28.2. The maximum atomic E-state index is 13.4. The van der Waals surface area contributed by atoms with E-state index >= 15 is 0 Å². The van der Waals surface area contributed by atoms with Gasteiger partial charge in [-0.3, -0.25) is 14.0 Å². The number of hydrogen-bond acceptors (Lipinski definition) is 7. The van der Waals surface area contributed by atoms with Gasteiger partial charge >= 0.3 is 0 Å². The van der Waals surface area contributed by atoms with E-state index in [1.165, 1.54) is 12.2 Å². The molecule has 1 aromatic carbocycles. The third-order valence-electron chi connectivity index (χ3n) is 6.47. The van der Waals surface area contributed by atoms with E-state index in [-0.39, 0.29) is 34.7 Å². The molecule has 2 amide bonds. The van der Waals surface area contributed by atoms with Crippen LogP contribution in [-0.4, -0.2) is 47.9 Å². The van der Waals surface area contributed by atoms with Gasteiger partial charge < -0.3 is 21.7 Å². The second-order valence-corrected chi connectivity index (χ2v) is 9.36. The smallest absolute Gasteiger partial charge is 0.273 e. The summed E-state index contributed by atoms with van der Waals surface area (Å²) in [6.07, 6.45) is 9.33. The Morgan fingerprint density at radius 1 is 1.15 bits per heavy atom. The molecule has 40 heavy (non-hydrogen) atoms. The molecule has 0 radical (unpaired) electrons. The van der Waals surface area contributed by atoms with Crippen LogP contribution in [0.5, 0.6) is 0 Å². The first-order valence-corrected chi connectivity index (χ1v) is 12.8. The number of benzene rings is 1. The molecule has 0 aliphatic carbocycles. The summed E-state index contributed by atoms with van der Waals surface area (Å²) in [5.74, 6) is 0.750. The molecule has 12 heteroatoms. The summed E-state index contributed by atoms with van der Waals surface area (Å²) < 4.78 is 1.85. The Kier molecular flexibility index (Phi) is 7.56. The molecular weight excluding hydrogens is 530 g/mol. The van der Waals surface area contributed by atoms with Crippen molar-refractivity contribution in [2.24, 2.45) is 10.7 Å². The minimum atomic E-state index is -0.362. The van der Waals surface area contributed by atoms with Gasteiger partial charge in [-0.05, 0) is 54.8 Å². The fourth-order valence-electron chi connectivity index (χ4n) is 4.74. The van der Waals surface area contributed by atoms with Crippen LogP contribution in [0.4, 0.5) is 11.6 Å². The lowest BCUT2D eigenvalue weighted by Crippen LogP contribution is -2.32. The van der Waals surface area contributed by atoms with Crippen molar-refractivity contribution < 1.29 is 9.59 Å². The Morgan fingerprint density at radius 3 is 2.65 bits per heavy atom. The predicted molar refractivity (Wildman–Crippen MR) is 154 cm³/mol. The molecule has 5 N–H and O–H groups in total. The number of pyridine rings is 1. The number of nitrogens with one attached hydrogen (secondary N) is 1. The summed E-state index contributed by atoms with van der Waals surface area (Å²) in [4.78, 5) is 45.2. The van der Waals surface area contributed by atoms with Gasteiger partial charge in [-0.15, -0.1) is 0 Å². The van der Waals surface area contributed by atoms with Crippen molar-refractivity contribution in [1.82, 2.24) is 24.3 Å². The van der Waals surface area contributed by atoms with Crippen LogP contribution in [0.15, 0.2) is 90.5 Å². The molecule has 4 aromatic rings. The molecule has 0 spiro atoms. The molecule has 1 aliphatic rings. The number of likely N-dealkylation sites (tertiary alicyclic amines) is 1. The monoisotopic (exact) mass is 555 g/mol. The molecule has 5 rings (SSSR count). The van der Waals surface area contributed by atoms with Crippen LogP contribution in [0.2, 0.25) is 0 Å². The fourth-order valence-corrected chi connectivity index (χ4v) is 4.83. The van der Waals surface area contributed by atoms with Gasteiger partial charge in [0.05, 0.1) is 6.04 Å². The summed E-state index contributed by atoms with van der Waals surface area (Å²) in [6, 6.07) is 11.9. The molecule has 0 bridgehead atoms. The molecule has 4 heterocycles. The standard InChI is InChI=1S/C28H26ClN9O2/c1-2-6-19(34-28(29)31)27(40)37-15-5-7-20(37)25-36-22(23-24(30)33-14-16-38(23)25)17-9-11-18(12-10-17)26(39)35-21-8-3-4-13-32-21/h2-4,6,8-14,16,20H,1,5,7,15H2,(H2,30,33)(H2,31,34)(H,32,35,39)/b19-6-. The number of hydrogen-bond donors (Lipinski definition) is 3. The molecule has 1 unspecified atom stereocenters. The van der Waals surface area contributed by atoms with E-state index in [1.54, 1.807) is 66.0 Å². The topological polar surface area (TPSA) is 157 Å². The molecular formula is C28H26ClN9O2. The number of anilines is 2. The number of nitrogens with two attached hydrogens (primary N) is 2. The minimum absolute atomic E-state index is 0.0798. The van der Waals surface area contributed by atoms with Gasteiger partial charge in [0, 0.05) is 36.3 Å². The minimum Gasteiger partial charge on any atom is -0.382 e. The van der Waals surface area contributed by atoms with Gasteiger partial charge in [0.1, 0.15) is 34.4 Å². The number of amides is 2. The number of nitrogens with zero attached hydrogens (tertiary/aromatic N) is 6. The van der Waals surface area contributed by atoms with Crippen molar-refractivity contribution >= 4 is 45.9 Å². The Balaban J connectivity index is 1.50. The predicted octanol–water partition coefficient (Wildman–Crippen LogP) is 3.91. The van der Waals surface area contributed by atoms with Crippen LogP contribution in [0.3, 0.4) is 0 Å². The van der Waals surface area contributed by atoms with Gasteiger partial charge in [0.25, 0.3) is 11.8 Å². The third-order valence-corrected chi connectivity index (χ3v) is 6.56. The first-order valence-electron chi connectivity index (χ1n) is 12.5. The first kappa shape index (κ1) is 26.6. The van der Waals surface area contributed by atoms with Crippen LogP contribution >= 0.6 is 11.6 Å². The van der Waals surface area contributed by atoms with Crippen LogP contribution in [-0.2, 0) is 4.79 Å². The maximum absolute atomic E-state index is 13.4. The molecule has 1 fully saturated rings. The van der Waals surface area contributed by atoms with Crippen molar-refractivity contribution in [3.8, 4) is 11.3 Å². The van der Waals surface area contributed by atoms with E-state index in [4.69, 9.17) is 28.1 Å². The molecule has 1 aliphatic heterocycles. The van der Waals surface area contributed by atoms with Crippen LogP contribution in [0.1, 0.15) is 35.1 Å². The number of rotatable bonds is 7. The highest BCUT2D eigenvalue weighted by Gasteiger charge is 2.35. The summed E-state index contributed by atoms with van der Waals surface area (Å²) in [5, 5.41) is 2.52. The number of amidine groups is 1. The number of carbonyl (C=O) groups is 2. The van der Waals surface area contributed by atoms with Crippen molar-refractivity contribution in [3.05, 3.63) is 96.9 Å². The number of nitrogen functional groups attached to an aromatic ring is 1. The second kappa shape index (κ2) is 11.4. The number of carbonyl (C=O) groups excluding carboxylic acids is 2. The van der Waals surface area contributed by atoms with Crippen molar-refractivity contribution in [1.29, 1.82) is 0 Å². The van der Waals surface area contributed by atoms with Gasteiger partial charge in [0.2, 0.25) is 0 Å². The maximum Gasteiger partial charge on any atom is 0.273 e. The van der Waals surface area contributed by atoms with Crippen molar-refractivity contribution in [3.63, 3.8) is 0 Å². The Hall–Kier alpha value is -5.03. The molecule has 202 valence electrons.